The highest BCUT2D eigenvalue weighted by molar-refractivity contribution is 6.42. The van der Waals surface area contributed by atoms with Crippen LogP contribution in [0.5, 0.6) is 0 Å². The standard InChI is InChI=1S/C24H23Cl2N5O2/c25-19-4-1-15(11-20(19)26)2-6-23(32)30-9-7-17-13-31(14-18(17)8-10-30)24(33)16-3-5-21-22(12-16)28-29-27-21/h1-6,11-12,17-18H,7-10,13-14H2,(H,27,28,29)/t17-,18+. The molecule has 0 unspecified atom stereocenters. The van der Waals surface area contributed by atoms with E-state index in [0.29, 0.717) is 46.1 Å². The molecule has 0 spiro atoms. The number of hydrogen-bond acceptors (Lipinski definition) is 4. The van der Waals surface area contributed by atoms with Crippen molar-refractivity contribution in [2.45, 2.75) is 12.8 Å². The number of rotatable bonds is 3. The smallest absolute Gasteiger partial charge is 0.253 e. The van der Waals surface area contributed by atoms with Crippen molar-refractivity contribution >= 4 is 52.1 Å². The van der Waals surface area contributed by atoms with Gasteiger partial charge in [-0.25, -0.2) is 0 Å². The second-order valence-corrected chi connectivity index (χ2v) is 9.48. The number of halogens is 2. The molecule has 2 saturated heterocycles. The van der Waals surface area contributed by atoms with E-state index < -0.39 is 0 Å². The molecule has 0 aliphatic carbocycles. The topological polar surface area (TPSA) is 82.2 Å². The Morgan fingerprint density at radius 1 is 0.909 bits per heavy atom. The van der Waals surface area contributed by atoms with Gasteiger partial charge in [-0.05, 0) is 66.6 Å². The molecular weight excluding hydrogens is 461 g/mol. The Labute approximate surface area is 201 Å². The number of nitrogens with one attached hydrogen (secondary N) is 1. The van der Waals surface area contributed by atoms with Gasteiger partial charge in [0.2, 0.25) is 5.91 Å². The van der Waals surface area contributed by atoms with Crippen molar-refractivity contribution in [1.82, 2.24) is 25.2 Å². The minimum Gasteiger partial charge on any atom is -0.339 e. The van der Waals surface area contributed by atoms with E-state index in [-0.39, 0.29) is 11.8 Å². The van der Waals surface area contributed by atoms with E-state index >= 15 is 0 Å². The summed E-state index contributed by atoms with van der Waals surface area (Å²) in [6, 6.07) is 10.7. The predicted molar refractivity (Wildman–Crippen MR) is 128 cm³/mol. The third kappa shape index (κ3) is 4.61. The lowest BCUT2D eigenvalue weighted by atomic mass is 9.92. The molecule has 2 aromatic carbocycles. The molecule has 33 heavy (non-hydrogen) atoms. The molecule has 1 aromatic heterocycles. The van der Waals surface area contributed by atoms with Gasteiger partial charge >= 0.3 is 0 Å². The normalized spacial score (nSPS) is 20.9. The van der Waals surface area contributed by atoms with Gasteiger partial charge in [0.25, 0.3) is 5.91 Å². The Kier molecular flexibility index (Phi) is 6.08. The number of hydrogen-bond donors (Lipinski definition) is 1. The molecule has 5 rings (SSSR count). The summed E-state index contributed by atoms with van der Waals surface area (Å²) in [5.41, 5.74) is 2.91. The molecule has 2 atom stereocenters. The SMILES string of the molecule is O=C(C=Cc1ccc(Cl)c(Cl)c1)N1CC[C@@H]2CN(C(=O)c3ccc4n[nH]nc4c3)C[C@@H]2CC1. The second kappa shape index (κ2) is 9.15. The van der Waals surface area contributed by atoms with Crippen LogP contribution >= 0.6 is 23.2 Å². The van der Waals surface area contributed by atoms with Crippen LogP contribution in [-0.2, 0) is 4.79 Å². The minimum absolute atomic E-state index is 0.00473. The van der Waals surface area contributed by atoms with Crippen LogP contribution in [0, 0.1) is 11.8 Å². The van der Waals surface area contributed by atoms with Crippen LogP contribution in [0.25, 0.3) is 17.1 Å². The van der Waals surface area contributed by atoms with Gasteiger partial charge in [0.15, 0.2) is 0 Å². The zero-order valence-electron chi connectivity index (χ0n) is 17.9. The maximum atomic E-state index is 13.1. The van der Waals surface area contributed by atoms with E-state index in [9.17, 15) is 9.59 Å². The van der Waals surface area contributed by atoms with Gasteiger partial charge in [-0.15, -0.1) is 0 Å². The number of amides is 2. The monoisotopic (exact) mass is 483 g/mol. The Morgan fingerprint density at radius 3 is 2.36 bits per heavy atom. The fraction of sp³-hybridized carbons (Fsp3) is 0.333. The molecule has 2 fully saturated rings. The van der Waals surface area contributed by atoms with Crippen molar-refractivity contribution in [3.05, 3.63) is 63.6 Å². The number of H-pyrrole nitrogens is 1. The van der Waals surface area contributed by atoms with Gasteiger partial charge in [0.1, 0.15) is 11.0 Å². The fourth-order valence-corrected chi connectivity index (χ4v) is 5.09. The van der Waals surface area contributed by atoms with Gasteiger partial charge < -0.3 is 9.80 Å². The molecule has 2 aliphatic rings. The first kappa shape index (κ1) is 21.9. The lowest BCUT2D eigenvalue weighted by Crippen LogP contribution is -2.33. The molecule has 3 aromatic rings. The first-order chi connectivity index (χ1) is 16.0. The van der Waals surface area contributed by atoms with Crippen molar-refractivity contribution < 1.29 is 9.59 Å². The minimum atomic E-state index is -0.00473. The molecule has 1 N–H and O–H groups in total. The predicted octanol–water partition coefficient (Wildman–Crippen LogP) is 4.29. The number of carbonyl (C=O) groups excluding carboxylic acids is 2. The van der Waals surface area contributed by atoms with Crippen LogP contribution in [0.4, 0.5) is 0 Å². The van der Waals surface area contributed by atoms with E-state index in [1.165, 1.54) is 0 Å². The highest BCUT2D eigenvalue weighted by Gasteiger charge is 2.37. The van der Waals surface area contributed by atoms with Crippen LogP contribution in [0.15, 0.2) is 42.5 Å². The Bertz CT molecular complexity index is 1220. The molecule has 2 amide bonds. The second-order valence-electron chi connectivity index (χ2n) is 8.67. The number of aromatic amines is 1. The van der Waals surface area contributed by atoms with Gasteiger partial charge in [0.05, 0.1) is 10.0 Å². The number of likely N-dealkylation sites (tertiary alicyclic amines) is 2. The molecule has 0 bridgehead atoms. The Hall–Kier alpha value is -2.90. The van der Waals surface area contributed by atoms with Crippen molar-refractivity contribution in [3.8, 4) is 0 Å². The highest BCUT2D eigenvalue weighted by atomic mass is 35.5. The van der Waals surface area contributed by atoms with Crippen molar-refractivity contribution in [2.75, 3.05) is 26.2 Å². The summed E-state index contributed by atoms with van der Waals surface area (Å²) in [7, 11) is 0. The maximum absolute atomic E-state index is 13.1. The van der Waals surface area contributed by atoms with Crippen molar-refractivity contribution in [2.24, 2.45) is 11.8 Å². The third-order valence-corrected chi connectivity index (χ3v) is 7.38. The number of carbonyl (C=O) groups is 2. The van der Waals surface area contributed by atoms with E-state index in [4.69, 9.17) is 23.2 Å². The van der Waals surface area contributed by atoms with Crippen LogP contribution in [0.3, 0.4) is 0 Å². The fourth-order valence-electron chi connectivity index (χ4n) is 4.78. The summed E-state index contributed by atoms with van der Waals surface area (Å²) in [5, 5.41) is 11.7. The number of fused-ring (bicyclic) bond motifs is 2. The maximum Gasteiger partial charge on any atom is 0.253 e. The summed E-state index contributed by atoms with van der Waals surface area (Å²) >= 11 is 12.0. The zero-order chi connectivity index (χ0) is 22.9. The van der Waals surface area contributed by atoms with E-state index in [1.54, 1.807) is 30.4 Å². The molecule has 9 heteroatoms. The van der Waals surface area contributed by atoms with Crippen molar-refractivity contribution in [1.29, 1.82) is 0 Å². The number of aromatic nitrogens is 3. The van der Waals surface area contributed by atoms with E-state index in [1.807, 2.05) is 28.0 Å². The largest absolute Gasteiger partial charge is 0.339 e. The van der Waals surface area contributed by atoms with Gasteiger partial charge in [-0.1, -0.05) is 29.3 Å². The first-order valence-electron chi connectivity index (χ1n) is 11.0. The average molecular weight is 484 g/mol. The summed E-state index contributed by atoms with van der Waals surface area (Å²) in [4.78, 5) is 29.6. The molecular formula is C24H23Cl2N5O2. The molecule has 0 saturated carbocycles. The van der Waals surface area contributed by atoms with Crippen LogP contribution in [0.2, 0.25) is 10.0 Å². The Morgan fingerprint density at radius 2 is 1.64 bits per heavy atom. The molecule has 7 nitrogen and oxygen atoms in total. The Balaban J connectivity index is 1.19. The highest BCUT2D eigenvalue weighted by Crippen LogP contribution is 2.33. The zero-order valence-corrected chi connectivity index (χ0v) is 19.4. The number of benzene rings is 2. The first-order valence-corrected chi connectivity index (χ1v) is 11.8. The molecule has 3 heterocycles. The van der Waals surface area contributed by atoms with Gasteiger partial charge in [-0.2, -0.15) is 15.4 Å². The third-order valence-electron chi connectivity index (χ3n) is 6.64. The summed E-state index contributed by atoms with van der Waals surface area (Å²) in [6.45, 7) is 2.83. The molecule has 170 valence electrons. The summed E-state index contributed by atoms with van der Waals surface area (Å²) < 4.78 is 0. The molecule has 2 aliphatic heterocycles. The average Bonchev–Trinajstić information content (AvgIpc) is 3.41. The lowest BCUT2D eigenvalue weighted by Gasteiger charge is -2.21. The summed E-state index contributed by atoms with van der Waals surface area (Å²) in [5.74, 6) is 0.837. The van der Waals surface area contributed by atoms with Gasteiger partial charge in [0, 0.05) is 37.8 Å². The van der Waals surface area contributed by atoms with Crippen LogP contribution in [-0.4, -0.2) is 63.2 Å². The van der Waals surface area contributed by atoms with Crippen LogP contribution < -0.4 is 0 Å². The molecule has 0 radical (unpaired) electrons. The quantitative estimate of drug-likeness (QED) is 0.563. The van der Waals surface area contributed by atoms with Gasteiger partial charge in [-0.3, -0.25) is 9.59 Å². The van der Waals surface area contributed by atoms with Crippen molar-refractivity contribution in [3.63, 3.8) is 0 Å². The van der Waals surface area contributed by atoms with Crippen LogP contribution in [0.1, 0.15) is 28.8 Å². The lowest BCUT2D eigenvalue weighted by molar-refractivity contribution is -0.126. The van der Waals surface area contributed by atoms with E-state index in [2.05, 4.69) is 15.4 Å². The number of nitrogens with zero attached hydrogens (tertiary/aromatic N) is 4. The summed E-state index contributed by atoms with van der Waals surface area (Å²) in [6.07, 6.45) is 5.14. The van der Waals surface area contributed by atoms with E-state index in [0.717, 1.165) is 37.0 Å².